The maximum atomic E-state index is 3.51. The Labute approximate surface area is 75.4 Å². The van der Waals surface area contributed by atoms with Crippen LogP contribution >= 0.6 is 11.3 Å². The van der Waals surface area contributed by atoms with Crippen LogP contribution in [0.5, 0.6) is 0 Å². The van der Waals surface area contributed by atoms with Crippen LogP contribution in [0.2, 0.25) is 0 Å². The molecule has 0 radical (unpaired) electrons. The lowest BCUT2D eigenvalue weighted by atomic mass is 9.98. The molecule has 0 aromatic carbocycles. The first kappa shape index (κ1) is 6.72. The van der Waals surface area contributed by atoms with Crippen LogP contribution in [0.25, 0.3) is 10.2 Å². The Morgan fingerprint density at radius 3 is 3.17 bits per heavy atom. The Bertz CT molecular complexity index is 410. The van der Waals surface area contributed by atoms with Gasteiger partial charge in [0.15, 0.2) is 0 Å². The van der Waals surface area contributed by atoms with Crippen molar-refractivity contribution in [1.82, 2.24) is 4.98 Å². The first-order chi connectivity index (χ1) is 5.95. The molecule has 0 saturated heterocycles. The van der Waals surface area contributed by atoms with E-state index in [4.69, 9.17) is 0 Å². The first-order valence-corrected chi connectivity index (χ1v) is 5.40. The summed E-state index contributed by atoms with van der Waals surface area (Å²) in [5, 5.41) is 2.18. The van der Waals surface area contributed by atoms with E-state index in [9.17, 15) is 0 Å². The summed E-state index contributed by atoms with van der Waals surface area (Å²) in [5.74, 6) is 0. The number of hydrogen-bond acceptors (Lipinski definition) is 1. The fraction of sp³-hybridized carbons (Fsp3) is 0.400. The highest BCUT2D eigenvalue weighted by atomic mass is 32.1. The van der Waals surface area contributed by atoms with Crippen LogP contribution in [0.4, 0.5) is 0 Å². The van der Waals surface area contributed by atoms with Gasteiger partial charge in [0.1, 0.15) is 0 Å². The van der Waals surface area contributed by atoms with Gasteiger partial charge in [0.2, 0.25) is 0 Å². The number of aryl methyl sites for hydroxylation is 2. The molecule has 2 heterocycles. The number of aromatic nitrogens is 1. The summed E-state index contributed by atoms with van der Waals surface area (Å²) in [6.45, 7) is 0. The van der Waals surface area contributed by atoms with Gasteiger partial charge in [0.25, 0.3) is 0 Å². The van der Waals surface area contributed by atoms with E-state index in [-0.39, 0.29) is 0 Å². The molecule has 62 valence electrons. The second-order valence-electron chi connectivity index (χ2n) is 3.45. The first-order valence-electron chi connectivity index (χ1n) is 4.52. The van der Waals surface area contributed by atoms with E-state index in [1.807, 2.05) is 11.3 Å². The van der Waals surface area contributed by atoms with Gasteiger partial charge in [0.05, 0.1) is 10.2 Å². The van der Waals surface area contributed by atoms with Crippen LogP contribution < -0.4 is 0 Å². The van der Waals surface area contributed by atoms with Crippen molar-refractivity contribution in [2.24, 2.45) is 0 Å². The number of nitrogens with one attached hydrogen (secondary N) is 1. The normalized spacial score (nSPS) is 16.7. The summed E-state index contributed by atoms with van der Waals surface area (Å²) in [7, 11) is 0. The lowest BCUT2D eigenvalue weighted by Gasteiger charge is -2.09. The minimum absolute atomic E-state index is 1.26. The van der Waals surface area contributed by atoms with Gasteiger partial charge >= 0.3 is 0 Å². The predicted octanol–water partition coefficient (Wildman–Crippen LogP) is 3.11. The SMILES string of the molecule is c1cc2[nH]c3c(c2s1)CCCC3. The summed E-state index contributed by atoms with van der Waals surface area (Å²) in [6, 6.07) is 2.19. The molecule has 2 aromatic heterocycles. The molecule has 0 atom stereocenters. The Hall–Kier alpha value is -0.760. The Balaban J connectivity index is 2.34. The van der Waals surface area contributed by atoms with E-state index >= 15 is 0 Å². The molecule has 1 aliphatic rings. The number of H-pyrrole nitrogens is 1. The van der Waals surface area contributed by atoms with E-state index in [1.54, 1.807) is 5.56 Å². The quantitative estimate of drug-likeness (QED) is 0.636. The number of thiophene rings is 1. The van der Waals surface area contributed by atoms with Crippen molar-refractivity contribution in [2.75, 3.05) is 0 Å². The van der Waals surface area contributed by atoms with Crippen LogP contribution in [-0.4, -0.2) is 4.98 Å². The van der Waals surface area contributed by atoms with Crippen molar-refractivity contribution in [1.29, 1.82) is 0 Å². The minimum atomic E-state index is 1.26. The Morgan fingerprint density at radius 2 is 2.17 bits per heavy atom. The standard InChI is InChI=1S/C10H11NS/c1-2-4-8-7(3-1)10-9(11-8)5-6-12-10/h5-6,11H,1-4H2. The van der Waals surface area contributed by atoms with E-state index in [0.29, 0.717) is 0 Å². The lowest BCUT2D eigenvalue weighted by molar-refractivity contribution is 0.680. The zero-order chi connectivity index (χ0) is 7.97. The third-order valence-corrected chi connectivity index (χ3v) is 3.67. The zero-order valence-corrected chi connectivity index (χ0v) is 7.71. The highest BCUT2D eigenvalue weighted by Crippen LogP contribution is 2.32. The Kier molecular flexibility index (Phi) is 1.32. The third-order valence-electron chi connectivity index (χ3n) is 2.69. The summed E-state index contributed by atoms with van der Waals surface area (Å²) in [4.78, 5) is 3.51. The van der Waals surface area contributed by atoms with Gasteiger partial charge in [0, 0.05) is 5.69 Å². The largest absolute Gasteiger partial charge is 0.357 e. The van der Waals surface area contributed by atoms with Gasteiger partial charge in [-0.2, -0.15) is 0 Å². The Morgan fingerprint density at radius 1 is 1.25 bits per heavy atom. The zero-order valence-electron chi connectivity index (χ0n) is 6.89. The van der Waals surface area contributed by atoms with Crippen molar-refractivity contribution < 1.29 is 0 Å². The third kappa shape index (κ3) is 0.787. The fourth-order valence-corrected chi connectivity index (χ4v) is 3.05. The smallest absolute Gasteiger partial charge is 0.0568 e. The average molecular weight is 177 g/mol. The fourth-order valence-electron chi connectivity index (χ4n) is 2.10. The lowest BCUT2D eigenvalue weighted by Crippen LogP contribution is -1.99. The number of fused-ring (bicyclic) bond motifs is 3. The molecule has 3 rings (SSSR count). The van der Waals surface area contributed by atoms with E-state index < -0.39 is 0 Å². The molecule has 0 bridgehead atoms. The van der Waals surface area contributed by atoms with Gasteiger partial charge in [-0.25, -0.2) is 0 Å². The second-order valence-corrected chi connectivity index (χ2v) is 4.37. The van der Waals surface area contributed by atoms with Crippen molar-refractivity contribution in [3.8, 4) is 0 Å². The van der Waals surface area contributed by atoms with Crippen molar-refractivity contribution >= 4 is 21.6 Å². The molecular weight excluding hydrogens is 166 g/mol. The molecule has 2 heteroatoms. The van der Waals surface area contributed by atoms with Crippen LogP contribution in [-0.2, 0) is 12.8 Å². The predicted molar refractivity (Wildman–Crippen MR) is 52.8 cm³/mol. The van der Waals surface area contributed by atoms with Gasteiger partial charge in [-0.1, -0.05) is 0 Å². The topological polar surface area (TPSA) is 15.8 Å². The molecule has 1 nitrogen and oxygen atoms in total. The summed E-state index contributed by atoms with van der Waals surface area (Å²) in [6.07, 6.45) is 5.28. The summed E-state index contributed by atoms with van der Waals surface area (Å²) < 4.78 is 1.50. The molecule has 0 fully saturated rings. The van der Waals surface area contributed by atoms with Crippen molar-refractivity contribution in [2.45, 2.75) is 25.7 Å². The van der Waals surface area contributed by atoms with Crippen LogP contribution in [0, 0.1) is 0 Å². The average Bonchev–Trinajstić information content (AvgIpc) is 2.62. The molecule has 0 spiro atoms. The molecule has 2 aromatic rings. The maximum Gasteiger partial charge on any atom is 0.0568 e. The number of rotatable bonds is 0. The molecule has 0 saturated carbocycles. The van der Waals surface area contributed by atoms with Crippen molar-refractivity contribution in [3.63, 3.8) is 0 Å². The monoisotopic (exact) mass is 177 g/mol. The highest BCUT2D eigenvalue weighted by Gasteiger charge is 2.15. The van der Waals surface area contributed by atoms with Crippen molar-refractivity contribution in [3.05, 3.63) is 22.7 Å². The molecule has 0 aliphatic heterocycles. The molecule has 12 heavy (non-hydrogen) atoms. The summed E-state index contributed by atoms with van der Waals surface area (Å²) in [5.41, 5.74) is 4.46. The van der Waals surface area contributed by atoms with Crippen LogP contribution in [0.15, 0.2) is 11.4 Å². The molecule has 0 unspecified atom stereocenters. The maximum absolute atomic E-state index is 3.51. The van der Waals surface area contributed by atoms with Crippen LogP contribution in [0.1, 0.15) is 24.1 Å². The number of aromatic amines is 1. The molecule has 1 N–H and O–H groups in total. The number of hydrogen-bond donors (Lipinski definition) is 1. The second kappa shape index (κ2) is 2.36. The van der Waals surface area contributed by atoms with Gasteiger partial charge in [-0.3, -0.25) is 0 Å². The van der Waals surface area contributed by atoms with E-state index in [1.165, 1.54) is 41.6 Å². The van der Waals surface area contributed by atoms with Gasteiger partial charge in [-0.15, -0.1) is 11.3 Å². The van der Waals surface area contributed by atoms with Crippen LogP contribution in [0.3, 0.4) is 0 Å². The van der Waals surface area contributed by atoms with Gasteiger partial charge in [-0.05, 0) is 42.7 Å². The molecule has 0 amide bonds. The summed E-state index contributed by atoms with van der Waals surface area (Å²) >= 11 is 1.88. The van der Waals surface area contributed by atoms with Gasteiger partial charge < -0.3 is 4.98 Å². The highest BCUT2D eigenvalue weighted by molar-refractivity contribution is 7.17. The molecular formula is C10H11NS. The minimum Gasteiger partial charge on any atom is -0.357 e. The molecule has 1 aliphatic carbocycles. The van der Waals surface area contributed by atoms with E-state index in [2.05, 4.69) is 16.4 Å². The van der Waals surface area contributed by atoms with E-state index in [0.717, 1.165) is 0 Å².